The van der Waals surface area contributed by atoms with Crippen LogP contribution in [0.2, 0.25) is 5.02 Å². The molecule has 0 amide bonds. The van der Waals surface area contributed by atoms with Crippen LogP contribution in [0.25, 0.3) is 0 Å². The van der Waals surface area contributed by atoms with Crippen LogP contribution in [0.3, 0.4) is 0 Å². The van der Waals surface area contributed by atoms with Crippen LogP contribution in [0.1, 0.15) is 16.0 Å². The lowest BCUT2D eigenvalue weighted by molar-refractivity contribution is 0.248. The molecule has 0 fully saturated rings. The van der Waals surface area contributed by atoms with E-state index in [2.05, 4.69) is 16.3 Å². The van der Waals surface area contributed by atoms with E-state index in [1.54, 1.807) is 0 Å². The average molecular weight is 279 g/mol. The average Bonchev–Trinajstić information content (AvgIpc) is 2.81. The van der Waals surface area contributed by atoms with E-state index in [1.165, 1.54) is 10.4 Å². The van der Waals surface area contributed by atoms with E-state index < -0.39 is 0 Å². The Balaban J connectivity index is 1.76. The summed E-state index contributed by atoms with van der Waals surface area (Å²) in [5.74, 6) is 0. The van der Waals surface area contributed by atoms with E-state index in [4.69, 9.17) is 17.3 Å². The Kier molecular flexibility index (Phi) is 3.29. The quantitative estimate of drug-likeness (QED) is 0.852. The number of nitrogen functional groups attached to an aromatic ring is 1. The normalized spacial score (nSPS) is 15.6. The van der Waals surface area contributed by atoms with E-state index in [1.807, 2.05) is 29.5 Å². The minimum Gasteiger partial charge on any atom is -0.398 e. The lowest BCUT2D eigenvalue weighted by atomic mass is 10.1. The number of halogens is 1. The zero-order chi connectivity index (χ0) is 12.5. The van der Waals surface area contributed by atoms with Crippen molar-refractivity contribution in [2.24, 2.45) is 0 Å². The SMILES string of the molecule is Nc1ccc(Cl)cc1CN1CCc2sccc2C1. The first-order chi connectivity index (χ1) is 8.72. The number of rotatable bonds is 2. The Morgan fingerprint density at radius 3 is 3.11 bits per heavy atom. The van der Waals surface area contributed by atoms with Crippen molar-refractivity contribution in [2.75, 3.05) is 12.3 Å². The fourth-order valence-corrected chi connectivity index (χ4v) is 3.48. The Morgan fingerprint density at radius 1 is 1.33 bits per heavy atom. The van der Waals surface area contributed by atoms with Crippen LogP contribution in [0.15, 0.2) is 29.6 Å². The highest BCUT2D eigenvalue weighted by molar-refractivity contribution is 7.10. The van der Waals surface area contributed by atoms with Crippen LogP contribution >= 0.6 is 22.9 Å². The van der Waals surface area contributed by atoms with Gasteiger partial charge in [0.05, 0.1) is 0 Å². The van der Waals surface area contributed by atoms with Gasteiger partial charge in [0.1, 0.15) is 0 Å². The number of thiophene rings is 1. The van der Waals surface area contributed by atoms with Crippen molar-refractivity contribution in [1.82, 2.24) is 4.90 Å². The predicted octanol–water partition coefficient (Wildman–Crippen LogP) is 3.54. The Bertz CT molecular complexity index is 565. The molecule has 0 unspecified atom stereocenters. The number of fused-ring (bicyclic) bond motifs is 1. The first-order valence-corrected chi connectivity index (χ1v) is 7.29. The molecule has 0 saturated carbocycles. The molecule has 1 aliphatic heterocycles. The molecule has 18 heavy (non-hydrogen) atoms. The third-order valence-corrected chi connectivity index (χ3v) is 4.64. The molecule has 2 nitrogen and oxygen atoms in total. The second-order valence-electron chi connectivity index (χ2n) is 4.67. The molecular formula is C14H15ClN2S. The van der Waals surface area contributed by atoms with Crippen LogP contribution in [0.5, 0.6) is 0 Å². The minimum absolute atomic E-state index is 0.757. The van der Waals surface area contributed by atoms with Crippen molar-refractivity contribution in [3.8, 4) is 0 Å². The molecule has 0 radical (unpaired) electrons. The number of benzene rings is 1. The highest BCUT2D eigenvalue weighted by Gasteiger charge is 2.17. The molecule has 1 aromatic heterocycles. The Hall–Kier alpha value is -1.03. The summed E-state index contributed by atoms with van der Waals surface area (Å²) in [6.07, 6.45) is 1.15. The van der Waals surface area contributed by atoms with Gasteiger partial charge < -0.3 is 5.73 Å². The van der Waals surface area contributed by atoms with Gasteiger partial charge in [-0.25, -0.2) is 0 Å². The lowest BCUT2D eigenvalue weighted by Crippen LogP contribution is -2.29. The number of hydrogen-bond donors (Lipinski definition) is 1. The topological polar surface area (TPSA) is 29.3 Å². The molecule has 2 N–H and O–H groups in total. The molecule has 0 saturated heterocycles. The summed E-state index contributed by atoms with van der Waals surface area (Å²) >= 11 is 7.89. The summed E-state index contributed by atoms with van der Waals surface area (Å²) < 4.78 is 0. The van der Waals surface area contributed by atoms with Crippen LogP contribution in [0, 0.1) is 0 Å². The highest BCUT2D eigenvalue weighted by atomic mass is 35.5. The highest BCUT2D eigenvalue weighted by Crippen LogP contribution is 2.26. The van der Waals surface area contributed by atoms with Crippen molar-refractivity contribution < 1.29 is 0 Å². The molecule has 1 aliphatic rings. The van der Waals surface area contributed by atoms with Gasteiger partial charge in [-0.2, -0.15) is 0 Å². The van der Waals surface area contributed by atoms with Gasteiger partial charge in [0.15, 0.2) is 0 Å². The van der Waals surface area contributed by atoms with Crippen LogP contribution in [-0.4, -0.2) is 11.4 Å². The second kappa shape index (κ2) is 4.92. The first-order valence-electron chi connectivity index (χ1n) is 6.04. The fourth-order valence-electron chi connectivity index (χ4n) is 2.39. The third kappa shape index (κ3) is 2.39. The smallest absolute Gasteiger partial charge is 0.0410 e. The molecule has 0 bridgehead atoms. The van der Waals surface area contributed by atoms with Gasteiger partial charge in [0, 0.05) is 35.2 Å². The minimum atomic E-state index is 0.757. The Morgan fingerprint density at radius 2 is 2.22 bits per heavy atom. The van der Waals surface area contributed by atoms with Gasteiger partial charge in [0.25, 0.3) is 0 Å². The summed E-state index contributed by atoms with van der Waals surface area (Å²) in [5.41, 5.74) is 9.42. The van der Waals surface area contributed by atoms with Crippen molar-refractivity contribution >= 4 is 28.6 Å². The zero-order valence-corrected chi connectivity index (χ0v) is 11.6. The maximum Gasteiger partial charge on any atom is 0.0410 e. The van der Waals surface area contributed by atoms with Crippen molar-refractivity contribution in [3.63, 3.8) is 0 Å². The van der Waals surface area contributed by atoms with Gasteiger partial charge in [-0.05, 0) is 47.2 Å². The molecule has 2 heterocycles. The Labute approximate surface area is 116 Å². The van der Waals surface area contributed by atoms with Crippen molar-refractivity contribution in [2.45, 2.75) is 19.5 Å². The second-order valence-corrected chi connectivity index (χ2v) is 6.11. The maximum atomic E-state index is 6.03. The van der Waals surface area contributed by atoms with Gasteiger partial charge in [-0.3, -0.25) is 4.90 Å². The number of hydrogen-bond acceptors (Lipinski definition) is 3. The third-order valence-electron chi connectivity index (χ3n) is 3.39. The lowest BCUT2D eigenvalue weighted by Gasteiger charge is -2.27. The van der Waals surface area contributed by atoms with Crippen LogP contribution in [0.4, 0.5) is 5.69 Å². The molecule has 0 spiro atoms. The fraction of sp³-hybridized carbons (Fsp3) is 0.286. The van der Waals surface area contributed by atoms with E-state index in [0.29, 0.717) is 0 Å². The number of nitrogens with two attached hydrogens (primary N) is 1. The van der Waals surface area contributed by atoms with Gasteiger partial charge in [-0.15, -0.1) is 11.3 Å². The van der Waals surface area contributed by atoms with E-state index in [-0.39, 0.29) is 0 Å². The standard InChI is InChI=1S/C14H15ClN2S/c15-12-1-2-13(16)11(7-12)9-17-5-3-14-10(8-17)4-6-18-14/h1-2,4,6-7H,3,5,8-9,16H2. The number of anilines is 1. The molecular weight excluding hydrogens is 264 g/mol. The van der Waals surface area contributed by atoms with Gasteiger partial charge in [0.2, 0.25) is 0 Å². The summed E-state index contributed by atoms with van der Waals surface area (Å²) in [6, 6.07) is 7.93. The predicted molar refractivity (Wildman–Crippen MR) is 78.0 cm³/mol. The summed E-state index contributed by atoms with van der Waals surface area (Å²) in [4.78, 5) is 3.96. The molecule has 1 aromatic carbocycles. The van der Waals surface area contributed by atoms with Crippen molar-refractivity contribution in [3.05, 3.63) is 50.7 Å². The number of nitrogens with zero attached hydrogens (tertiary/aromatic N) is 1. The van der Waals surface area contributed by atoms with E-state index >= 15 is 0 Å². The summed E-state index contributed by atoms with van der Waals surface area (Å²) in [5, 5.41) is 2.94. The molecule has 3 rings (SSSR count). The molecule has 4 heteroatoms. The van der Waals surface area contributed by atoms with Crippen LogP contribution < -0.4 is 5.73 Å². The monoisotopic (exact) mass is 278 g/mol. The van der Waals surface area contributed by atoms with E-state index in [9.17, 15) is 0 Å². The van der Waals surface area contributed by atoms with Gasteiger partial charge >= 0.3 is 0 Å². The summed E-state index contributed by atoms with van der Waals surface area (Å²) in [6.45, 7) is 2.99. The van der Waals surface area contributed by atoms with Crippen LogP contribution in [-0.2, 0) is 19.5 Å². The molecule has 0 atom stereocenters. The molecule has 94 valence electrons. The summed E-state index contributed by atoms with van der Waals surface area (Å²) in [7, 11) is 0. The van der Waals surface area contributed by atoms with Crippen molar-refractivity contribution in [1.29, 1.82) is 0 Å². The molecule has 2 aromatic rings. The van der Waals surface area contributed by atoms with E-state index in [0.717, 1.165) is 42.3 Å². The maximum absolute atomic E-state index is 6.03. The zero-order valence-electron chi connectivity index (χ0n) is 10.0. The largest absolute Gasteiger partial charge is 0.398 e. The molecule has 0 aliphatic carbocycles. The first kappa shape index (κ1) is 12.0. The van der Waals surface area contributed by atoms with Gasteiger partial charge in [-0.1, -0.05) is 11.6 Å².